The van der Waals surface area contributed by atoms with Crippen LogP contribution in [0, 0.1) is 25.2 Å². The lowest BCUT2D eigenvalue weighted by Crippen LogP contribution is -2.41. The molecule has 3 N–H and O–H groups in total. The summed E-state index contributed by atoms with van der Waals surface area (Å²) in [6.07, 6.45) is 6.31. The van der Waals surface area contributed by atoms with Gasteiger partial charge in [-0.05, 0) is 113 Å². The van der Waals surface area contributed by atoms with Crippen LogP contribution < -0.4 is 15.6 Å². The number of hydrogen-bond acceptors (Lipinski definition) is 20. The zero-order valence-electron chi connectivity index (χ0n) is 57.8. The number of nitrogens with one attached hydrogen (secondary N) is 1. The van der Waals surface area contributed by atoms with E-state index < -0.39 is 44.1 Å². The number of aliphatic imine (C=N–C) groups is 1. The van der Waals surface area contributed by atoms with Crippen LogP contribution >= 0.6 is 0 Å². The van der Waals surface area contributed by atoms with E-state index in [1.54, 1.807) is 30.1 Å². The Morgan fingerprint density at radius 1 is 0.806 bits per heavy atom. The van der Waals surface area contributed by atoms with Crippen molar-refractivity contribution >= 4 is 56.7 Å². The second-order valence-corrected chi connectivity index (χ2v) is 27.3. The van der Waals surface area contributed by atoms with Crippen LogP contribution in [-0.2, 0) is 93.3 Å². The highest BCUT2D eigenvalue weighted by Gasteiger charge is 2.46. The van der Waals surface area contributed by atoms with Crippen LogP contribution in [0.1, 0.15) is 152 Å². The first-order chi connectivity index (χ1) is 46.4. The van der Waals surface area contributed by atoms with Gasteiger partial charge in [0.2, 0.25) is 11.8 Å². The van der Waals surface area contributed by atoms with E-state index >= 15 is 0 Å². The molecule has 26 heteroatoms. The van der Waals surface area contributed by atoms with Crippen molar-refractivity contribution in [3.8, 4) is 22.9 Å². The number of amidine groups is 1. The van der Waals surface area contributed by atoms with Crippen molar-refractivity contribution in [1.82, 2.24) is 29.4 Å². The first kappa shape index (κ1) is 73.9. The Hall–Kier alpha value is -9.92. The Balaban J connectivity index is 0.000000168. The van der Waals surface area contributed by atoms with Crippen molar-refractivity contribution in [3.05, 3.63) is 181 Å². The first-order valence-electron chi connectivity index (χ1n) is 32.2. The topological polar surface area (TPSA) is 322 Å². The van der Waals surface area contributed by atoms with Crippen molar-refractivity contribution < 1.29 is 71.2 Å². The number of ether oxygens (including phenoxy) is 4. The predicted molar refractivity (Wildman–Crippen MR) is 366 cm³/mol. The number of carboxylic acid groups (broad SMARTS) is 1. The minimum atomic E-state index is -3.52. The van der Waals surface area contributed by atoms with Gasteiger partial charge in [0.1, 0.15) is 29.0 Å². The number of methoxy groups -OCH3 is 1. The number of carbonyl (C=O) groups is 5. The number of carbonyl (C=O) groups excluding carboxylic acids is 4. The summed E-state index contributed by atoms with van der Waals surface area (Å²) >= 11 is 0. The molecular formula is C72H85N9O16S. The van der Waals surface area contributed by atoms with Crippen LogP contribution in [0.25, 0.3) is 11.1 Å². The maximum atomic E-state index is 13.5. The molecule has 1 unspecified atom stereocenters. The fourth-order valence-electron chi connectivity index (χ4n) is 11.4. The van der Waals surface area contributed by atoms with Gasteiger partial charge in [-0.3, -0.25) is 24.2 Å². The number of nitrogens with zero attached hydrogens (tertiary/aromatic N) is 8. The molecule has 0 fully saturated rings. The van der Waals surface area contributed by atoms with Gasteiger partial charge in [0, 0.05) is 55.3 Å². The molecular weight excluding hydrogens is 1280 g/mol. The lowest BCUT2D eigenvalue weighted by molar-refractivity contribution is -0.143. The lowest BCUT2D eigenvalue weighted by Gasteiger charge is -2.27. The SMILES string of the molecule is CCOC(=O)C1=NOC(c2ccccc2)(c2ccccc2)C1.CCc1cc(C)cc(CC)c1-c1c(OC(=O)C(C)(C)C)n2n(c1=O)CCOCC2.COCc1cnc(C2=NC(C)(C(C)C)C(=O)N2)c(C(=O)O)c1.Cc1c(C(=O)c2cnn(C)c2O)ccc(S(C)(=O)=O)c1C1=NOCC1. The number of oxime groups is 2. The van der Waals surface area contributed by atoms with Crippen LogP contribution in [-0.4, -0.2) is 135 Å². The molecule has 3 aromatic heterocycles. The highest BCUT2D eigenvalue weighted by Crippen LogP contribution is 2.42. The van der Waals surface area contributed by atoms with E-state index in [2.05, 4.69) is 63.6 Å². The fraction of sp³-hybridized carbons (Fsp3) is 0.403. The molecule has 98 heavy (non-hydrogen) atoms. The molecule has 0 spiro atoms. The molecule has 0 aliphatic carbocycles. The molecule has 25 nitrogen and oxygen atoms in total. The number of benzene rings is 4. The summed E-state index contributed by atoms with van der Waals surface area (Å²) in [4.78, 5) is 94.1. The molecule has 0 radical (unpaired) electrons. The number of carboxylic acids is 1. The Morgan fingerprint density at radius 3 is 1.94 bits per heavy atom. The molecule has 4 aromatic carbocycles. The number of ketones is 1. The second-order valence-electron chi connectivity index (χ2n) is 25.3. The van der Waals surface area contributed by atoms with E-state index in [1.807, 2.05) is 95.3 Å². The number of aromatic carboxylic acids is 1. The van der Waals surface area contributed by atoms with E-state index in [0.717, 1.165) is 46.9 Å². The van der Waals surface area contributed by atoms with E-state index in [0.29, 0.717) is 91.9 Å². The number of sulfone groups is 1. The molecule has 1 amide bonds. The number of rotatable bonds is 17. The third-order valence-corrected chi connectivity index (χ3v) is 18.2. The Morgan fingerprint density at radius 2 is 1.43 bits per heavy atom. The first-order valence-corrected chi connectivity index (χ1v) is 34.1. The maximum Gasteiger partial charge on any atom is 0.356 e. The average molecular weight is 1360 g/mol. The smallest absolute Gasteiger partial charge is 0.356 e. The summed E-state index contributed by atoms with van der Waals surface area (Å²) in [5, 5.41) is 33.8. The molecule has 0 saturated heterocycles. The quantitative estimate of drug-likeness (QED) is 0.0564. The van der Waals surface area contributed by atoms with Gasteiger partial charge in [-0.2, -0.15) is 5.10 Å². The van der Waals surface area contributed by atoms with Crippen molar-refractivity contribution in [2.45, 2.75) is 138 Å². The number of aryl methyl sites for hydroxylation is 4. The van der Waals surface area contributed by atoms with Crippen LogP contribution in [0.2, 0.25) is 0 Å². The molecule has 520 valence electrons. The molecule has 7 aromatic rings. The van der Waals surface area contributed by atoms with E-state index in [9.17, 15) is 47.4 Å². The van der Waals surface area contributed by atoms with Gasteiger partial charge in [-0.25, -0.2) is 37.0 Å². The summed E-state index contributed by atoms with van der Waals surface area (Å²) in [7, 11) is -0.485. The van der Waals surface area contributed by atoms with Crippen LogP contribution in [0.15, 0.2) is 128 Å². The van der Waals surface area contributed by atoms with Crippen molar-refractivity contribution in [2.75, 3.05) is 39.8 Å². The van der Waals surface area contributed by atoms with Gasteiger partial charge in [0.15, 0.2) is 32.8 Å². The van der Waals surface area contributed by atoms with Gasteiger partial charge < -0.3 is 44.2 Å². The molecule has 1 atom stereocenters. The molecule has 7 heterocycles. The number of aromatic nitrogens is 5. The van der Waals surface area contributed by atoms with Gasteiger partial charge >= 0.3 is 17.9 Å². The average Bonchev–Trinajstić information content (AvgIpc) is 1.50. The zero-order chi connectivity index (χ0) is 71.6. The summed E-state index contributed by atoms with van der Waals surface area (Å²) in [5.41, 5.74) is 6.99. The van der Waals surface area contributed by atoms with E-state index in [-0.39, 0.29) is 69.0 Å². The monoisotopic (exact) mass is 1360 g/mol. The van der Waals surface area contributed by atoms with E-state index in [4.69, 9.17) is 28.6 Å². The Kier molecular flexibility index (Phi) is 23.4. The van der Waals surface area contributed by atoms with Gasteiger partial charge in [0.25, 0.3) is 11.5 Å². The summed E-state index contributed by atoms with van der Waals surface area (Å²) in [5.74, 6) is -2.33. The van der Waals surface area contributed by atoms with Crippen LogP contribution in [0.5, 0.6) is 11.8 Å². The van der Waals surface area contributed by atoms with Crippen molar-refractivity contribution in [2.24, 2.45) is 33.7 Å². The molecule has 11 rings (SSSR count). The van der Waals surface area contributed by atoms with E-state index in [1.165, 1.54) is 55.0 Å². The Bertz CT molecular complexity index is 4360. The number of fused-ring (bicyclic) bond motifs is 1. The van der Waals surface area contributed by atoms with Crippen molar-refractivity contribution in [1.29, 1.82) is 0 Å². The second kappa shape index (κ2) is 31.1. The predicted octanol–water partition coefficient (Wildman–Crippen LogP) is 9.41. The zero-order valence-corrected chi connectivity index (χ0v) is 58.6. The number of aromatic hydroxyl groups is 1. The number of esters is 2. The Labute approximate surface area is 569 Å². The van der Waals surface area contributed by atoms with Gasteiger partial charge in [0.05, 0.1) is 73.7 Å². The normalized spacial score (nSPS) is 16.2. The van der Waals surface area contributed by atoms with Crippen molar-refractivity contribution in [3.63, 3.8) is 0 Å². The van der Waals surface area contributed by atoms with Gasteiger partial charge in [-0.15, -0.1) is 0 Å². The lowest BCUT2D eigenvalue weighted by atomic mass is 9.82. The highest BCUT2D eigenvalue weighted by molar-refractivity contribution is 7.90. The number of amides is 1. The fourth-order valence-corrected chi connectivity index (χ4v) is 12.4. The molecule has 4 aliphatic heterocycles. The highest BCUT2D eigenvalue weighted by atomic mass is 32.2. The van der Waals surface area contributed by atoms with Gasteiger partial charge in [-0.1, -0.05) is 116 Å². The summed E-state index contributed by atoms with van der Waals surface area (Å²) in [6, 6.07) is 28.2. The largest absolute Gasteiger partial charge is 0.493 e. The number of hydrogen-bond donors (Lipinski definition) is 3. The summed E-state index contributed by atoms with van der Waals surface area (Å²) in [6.45, 7) is 23.4. The molecule has 4 aliphatic rings. The standard InChI is InChI=1S/C23H32N2O4.C18H17NO3.C16H17N3O5S.C15H19N3O4/c1-7-16-13-15(3)14-17(8-2)18(16)19-20(26)24-9-11-28-12-10-25(24)21(19)29-22(27)23(4,5)6;1-2-21-17(20)16-13-18(22-19-16,14-9-5-3-6-10-14)15-11-7-4-8-12-15;1-9-10(15(20)11-8-17-19(2)16(11)21)4-5-13(25(3,22)23)14(9)12-6-7-24-18-12;1-8(2)15(3)14(21)17-12(18-15)11-10(13(19)20)5-9(6-16-11)7-22-4/h13-14H,7-12H2,1-6H3;3-12H,2,13H2,1H3;4-5,8,21H,6-7H2,1-3H3;5-6,8H,7H2,1-4H3,(H,19,20)(H,17,18,21). The minimum Gasteiger partial charge on any atom is -0.493 e. The molecule has 0 saturated carbocycles. The minimum absolute atomic E-state index is 0.0124. The molecule has 0 bridgehead atoms. The van der Waals surface area contributed by atoms with Crippen LogP contribution in [0.4, 0.5) is 0 Å². The third kappa shape index (κ3) is 15.9. The third-order valence-electron chi connectivity index (χ3n) is 17.0. The maximum absolute atomic E-state index is 13.5. The summed E-state index contributed by atoms with van der Waals surface area (Å²) < 4.78 is 50.4. The number of pyridine rings is 1. The van der Waals surface area contributed by atoms with Crippen LogP contribution in [0.3, 0.4) is 0 Å².